The standard InChI is InChI=1S/C12H25N3O2S/c1-10(4-9-17-2)15-7-5-12(18-3,6-8-15)11(13)14-16/h10,16H,4-9H2,1-3H3,(H2,13,14). The number of likely N-dealkylation sites (tertiary alicyclic amines) is 1. The Kier molecular flexibility index (Phi) is 6.25. The fourth-order valence-electron chi connectivity index (χ4n) is 2.45. The van der Waals surface area contributed by atoms with Crippen LogP contribution in [0.3, 0.4) is 0 Å². The molecule has 0 aromatic rings. The number of hydrogen-bond acceptors (Lipinski definition) is 5. The van der Waals surface area contributed by atoms with E-state index in [0.717, 1.165) is 39.0 Å². The molecule has 0 spiro atoms. The molecule has 106 valence electrons. The lowest BCUT2D eigenvalue weighted by Crippen LogP contribution is -2.52. The molecule has 0 amide bonds. The normalized spacial score (nSPS) is 22.9. The van der Waals surface area contributed by atoms with Gasteiger partial charge in [-0.3, -0.25) is 0 Å². The van der Waals surface area contributed by atoms with E-state index in [2.05, 4.69) is 17.0 Å². The third-order valence-electron chi connectivity index (χ3n) is 3.93. The van der Waals surface area contributed by atoms with Gasteiger partial charge in [-0.15, -0.1) is 0 Å². The van der Waals surface area contributed by atoms with Gasteiger partial charge in [0.2, 0.25) is 0 Å². The van der Waals surface area contributed by atoms with Gasteiger partial charge in [-0.25, -0.2) is 0 Å². The Bertz CT molecular complexity index is 278. The van der Waals surface area contributed by atoms with Crippen molar-refractivity contribution >= 4 is 17.6 Å². The number of oxime groups is 1. The lowest BCUT2D eigenvalue weighted by molar-refractivity contribution is 0.120. The lowest BCUT2D eigenvalue weighted by atomic mass is 9.93. The molecule has 0 saturated carbocycles. The lowest BCUT2D eigenvalue weighted by Gasteiger charge is -2.42. The zero-order valence-corrected chi connectivity index (χ0v) is 12.4. The maximum atomic E-state index is 8.89. The summed E-state index contributed by atoms with van der Waals surface area (Å²) in [6.45, 7) is 5.00. The first-order valence-corrected chi connectivity index (χ1v) is 7.58. The molecule has 0 radical (unpaired) electrons. The first-order valence-electron chi connectivity index (χ1n) is 6.35. The molecule has 1 aliphatic heterocycles. The van der Waals surface area contributed by atoms with E-state index in [0.29, 0.717) is 11.9 Å². The van der Waals surface area contributed by atoms with Crippen LogP contribution >= 0.6 is 11.8 Å². The first-order chi connectivity index (χ1) is 8.59. The molecule has 1 saturated heterocycles. The van der Waals surface area contributed by atoms with Gasteiger partial charge in [0.15, 0.2) is 5.84 Å². The number of piperidine rings is 1. The summed E-state index contributed by atoms with van der Waals surface area (Å²) in [5.74, 6) is 0.360. The van der Waals surface area contributed by atoms with E-state index < -0.39 is 0 Å². The maximum Gasteiger partial charge on any atom is 0.155 e. The summed E-state index contributed by atoms with van der Waals surface area (Å²) in [6, 6.07) is 0.525. The van der Waals surface area contributed by atoms with E-state index >= 15 is 0 Å². The Hall–Kier alpha value is -0.460. The average molecular weight is 275 g/mol. The molecule has 1 heterocycles. The van der Waals surface area contributed by atoms with Crippen molar-refractivity contribution in [1.29, 1.82) is 0 Å². The summed E-state index contributed by atoms with van der Waals surface area (Å²) in [5, 5.41) is 12.1. The van der Waals surface area contributed by atoms with Crippen LogP contribution in [0.1, 0.15) is 26.2 Å². The second-order valence-corrected chi connectivity index (χ2v) is 6.04. The number of nitrogens with zero attached hydrogens (tertiary/aromatic N) is 2. The number of methoxy groups -OCH3 is 1. The third-order valence-corrected chi connectivity index (χ3v) is 5.33. The minimum atomic E-state index is -0.188. The van der Waals surface area contributed by atoms with Crippen molar-refractivity contribution in [3.63, 3.8) is 0 Å². The number of thioether (sulfide) groups is 1. The van der Waals surface area contributed by atoms with Crippen LogP contribution in [-0.4, -0.2) is 59.8 Å². The molecule has 0 aromatic heterocycles. The Balaban J connectivity index is 2.53. The van der Waals surface area contributed by atoms with E-state index in [9.17, 15) is 0 Å². The Morgan fingerprint density at radius 2 is 2.17 bits per heavy atom. The number of amidine groups is 1. The summed E-state index contributed by atoms with van der Waals surface area (Å²) >= 11 is 1.69. The minimum Gasteiger partial charge on any atom is -0.409 e. The molecule has 1 atom stereocenters. The molecule has 6 heteroatoms. The van der Waals surface area contributed by atoms with Gasteiger partial charge in [0, 0.05) is 32.8 Å². The number of hydrogen-bond donors (Lipinski definition) is 2. The average Bonchev–Trinajstić information content (AvgIpc) is 2.43. The molecule has 1 unspecified atom stereocenters. The highest BCUT2D eigenvalue weighted by molar-refractivity contribution is 8.00. The minimum absolute atomic E-state index is 0.188. The van der Waals surface area contributed by atoms with Crippen LogP contribution in [0.4, 0.5) is 0 Å². The van der Waals surface area contributed by atoms with Gasteiger partial charge >= 0.3 is 0 Å². The van der Waals surface area contributed by atoms with Crippen LogP contribution < -0.4 is 5.73 Å². The summed E-state index contributed by atoms with van der Waals surface area (Å²) in [4.78, 5) is 2.46. The molecule has 18 heavy (non-hydrogen) atoms. The van der Waals surface area contributed by atoms with Crippen molar-refractivity contribution < 1.29 is 9.94 Å². The van der Waals surface area contributed by atoms with Crippen LogP contribution in [-0.2, 0) is 4.74 Å². The highest BCUT2D eigenvalue weighted by atomic mass is 32.2. The van der Waals surface area contributed by atoms with Crippen LogP contribution in [0.2, 0.25) is 0 Å². The molecule has 1 fully saturated rings. The first kappa shape index (κ1) is 15.6. The summed E-state index contributed by atoms with van der Waals surface area (Å²) in [5.41, 5.74) is 5.84. The Morgan fingerprint density at radius 3 is 2.61 bits per heavy atom. The van der Waals surface area contributed by atoms with Crippen molar-refractivity contribution in [3.8, 4) is 0 Å². The Morgan fingerprint density at radius 1 is 1.56 bits per heavy atom. The van der Waals surface area contributed by atoms with Gasteiger partial charge in [0.05, 0.1) is 4.75 Å². The van der Waals surface area contributed by atoms with Gasteiger partial charge in [-0.1, -0.05) is 5.16 Å². The quantitative estimate of drug-likeness (QED) is 0.331. The molecule has 0 aliphatic carbocycles. The molecule has 0 bridgehead atoms. The number of nitrogens with two attached hydrogens (primary N) is 1. The highest BCUT2D eigenvalue weighted by Gasteiger charge is 2.38. The zero-order chi connectivity index (χ0) is 13.6. The van der Waals surface area contributed by atoms with Gasteiger partial charge in [-0.2, -0.15) is 11.8 Å². The summed E-state index contributed by atoms with van der Waals surface area (Å²) < 4.78 is 4.93. The van der Waals surface area contributed by atoms with Crippen LogP contribution in [0.15, 0.2) is 5.16 Å². The largest absolute Gasteiger partial charge is 0.409 e. The van der Waals surface area contributed by atoms with Gasteiger partial charge in [-0.05, 0) is 32.4 Å². The van der Waals surface area contributed by atoms with E-state index in [-0.39, 0.29) is 4.75 Å². The van der Waals surface area contributed by atoms with Crippen LogP contribution in [0.5, 0.6) is 0 Å². The molecule has 1 aliphatic rings. The summed E-state index contributed by atoms with van der Waals surface area (Å²) in [7, 11) is 1.74. The van der Waals surface area contributed by atoms with Gasteiger partial charge in [0.25, 0.3) is 0 Å². The highest BCUT2D eigenvalue weighted by Crippen LogP contribution is 2.35. The number of rotatable bonds is 6. The molecule has 1 rings (SSSR count). The molecule has 3 N–H and O–H groups in total. The summed E-state index contributed by atoms with van der Waals surface area (Å²) in [6.07, 6.45) is 4.94. The monoisotopic (exact) mass is 275 g/mol. The molecular formula is C12H25N3O2S. The second kappa shape index (κ2) is 7.21. The van der Waals surface area contributed by atoms with Crippen molar-refractivity contribution in [2.45, 2.75) is 37.0 Å². The fraction of sp³-hybridized carbons (Fsp3) is 0.917. The predicted octanol–water partition coefficient (Wildman–Crippen LogP) is 1.36. The topological polar surface area (TPSA) is 71.1 Å². The van der Waals surface area contributed by atoms with Gasteiger partial charge < -0.3 is 20.6 Å². The van der Waals surface area contributed by atoms with Crippen molar-refractivity contribution in [3.05, 3.63) is 0 Å². The van der Waals surface area contributed by atoms with Crippen LogP contribution in [0, 0.1) is 0 Å². The third kappa shape index (κ3) is 3.52. The van der Waals surface area contributed by atoms with E-state index in [1.54, 1.807) is 18.9 Å². The predicted molar refractivity (Wildman–Crippen MR) is 76.4 cm³/mol. The van der Waals surface area contributed by atoms with Crippen molar-refractivity contribution in [2.75, 3.05) is 33.1 Å². The molecular weight excluding hydrogens is 250 g/mol. The fourth-order valence-corrected chi connectivity index (χ4v) is 3.29. The van der Waals surface area contributed by atoms with Crippen molar-refractivity contribution in [2.24, 2.45) is 10.9 Å². The van der Waals surface area contributed by atoms with Crippen molar-refractivity contribution in [1.82, 2.24) is 4.90 Å². The van der Waals surface area contributed by atoms with Crippen LogP contribution in [0.25, 0.3) is 0 Å². The van der Waals surface area contributed by atoms with Gasteiger partial charge in [0.1, 0.15) is 0 Å². The van der Waals surface area contributed by atoms with E-state index in [4.69, 9.17) is 15.7 Å². The Labute approximate surface area is 114 Å². The molecule has 0 aromatic carbocycles. The maximum absolute atomic E-state index is 8.89. The number of ether oxygens (including phenoxy) is 1. The SMILES string of the molecule is COCCC(C)N1CCC(SC)(C(N)=NO)CC1. The second-order valence-electron chi connectivity index (χ2n) is 4.85. The zero-order valence-electron chi connectivity index (χ0n) is 11.6. The smallest absolute Gasteiger partial charge is 0.155 e. The van der Waals surface area contributed by atoms with E-state index in [1.807, 2.05) is 6.26 Å². The van der Waals surface area contributed by atoms with E-state index in [1.165, 1.54) is 0 Å². The molecule has 5 nitrogen and oxygen atoms in total.